The van der Waals surface area contributed by atoms with E-state index in [-0.39, 0.29) is 0 Å². The van der Waals surface area contributed by atoms with Crippen LogP contribution in [0.15, 0.2) is 22.7 Å². The Morgan fingerprint density at radius 1 is 1.38 bits per heavy atom. The Hall–Kier alpha value is -0.230. The molecular formula is C16H25BrN2OS. The summed E-state index contributed by atoms with van der Waals surface area (Å²) >= 11 is 5.62. The van der Waals surface area contributed by atoms with E-state index >= 15 is 0 Å². The number of nitrogens with two attached hydrogens (primary N) is 1. The first kappa shape index (κ1) is 17.1. The van der Waals surface area contributed by atoms with Gasteiger partial charge >= 0.3 is 0 Å². The number of hydrogen-bond acceptors (Lipinski definition) is 4. The lowest BCUT2D eigenvalue weighted by Gasteiger charge is -2.24. The van der Waals surface area contributed by atoms with Crippen molar-refractivity contribution in [3.05, 3.63) is 28.2 Å². The van der Waals surface area contributed by atoms with E-state index in [9.17, 15) is 0 Å². The molecule has 0 saturated heterocycles. The van der Waals surface area contributed by atoms with Crippen molar-refractivity contribution < 1.29 is 4.74 Å². The molecule has 1 fully saturated rings. The molecule has 0 bridgehead atoms. The van der Waals surface area contributed by atoms with Gasteiger partial charge in [-0.25, -0.2) is 0 Å². The molecular weight excluding hydrogens is 348 g/mol. The topological polar surface area (TPSA) is 47.3 Å². The number of rotatable bonds is 7. The Balaban J connectivity index is 1.84. The monoisotopic (exact) mass is 372 g/mol. The number of hydrogen-bond donors (Lipinski definition) is 2. The van der Waals surface area contributed by atoms with Gasteiger partial charge in [0.25, 0.3) is 0 Å². The van der Waals surface area contributed by atoms with Gasteiger partial charge in [-0.15, -0.1) is 0 Å². The molecule has 1 aliphatic rings. The number of ether oxygens (including phenoxy) is 1. The van der Waals surface area contributed by atoms with E-state index < -0.39 is 0 Å². The van der Waals surface area contributed by atoms with E-state index in [2.05, 4.69) is 45.3 Å². The normalized spacial score (nSPS) is 17.7. The molecule has 1 aromatic rings. The summed E-state index contributed by atoms with van der Waals surface area (Å²) in [7, 11) is 1.69. The molecule has 1 saturated carbocycles. The summed E-state index contributed by atoms with van der Waals surface area (Å²) in [5.74, 6) is 7.67. The second kappa shape index (κ2) is 9.03. The minimum absolute atomic E-state index is 0.317. The van der Waals surface area contributed by atoms with E-state index in [1.54, 1.807) is 7.11 Å². The minimum atomic E-state index is 0.317. The van der Waals surface area contributed by atoms with Crippen LogP contribution in [0, 0.1) is 0 Å². The van der Waals surface area contributed by atoms with Crippen molar-refractivity contribution >= 4 is 27.7 Å². The smallest absolute Gasteiger partial charge is 0.133 e. The molecule has 1 unspecified atom stereocenters. The van der Waals surface area contributed by atoms with Crippen LogP contribution >= 0.6 is 27.7 Å². The first-order valence-electron chi connectivity index (χ1n) is 7.63. The van der Waals surface area contributed by atoms with E-state index in [1.165, 1.54) is 37.7 Å². The van der Waals surface area contributed by atoms with Crippen LogP contribution in [0.25, 0.3) is 0 Å². The van der Waals surface area contributed by atoms with E-state index in [0.717, 1.165) is 27.6 Å². The van der Waals surface area contributed by atoms with Crippen molar-refractivity contribution in [2.24, 2.45) is 5.84 Å². The number of nitrogens with one attached hydrogen (secondary N) is 1. The Morgan fingerprint density at radius 3 is 2.76 bits per heavy atom. The Bertz CT molecular complexity index is 438. The van der Waals surface area contributed by atoms with E-state index in [1.807, 2.05) is 6.07 Å². The van der Waals surface area contributed by atoms with Crippen LogP contribution in [-0.2, 0) is 6.42 Å². The maximum Gasteiger partial charge on any atom is 0.133 e. The molecule has 1 atom stereocenters. The number of halogens is 1. The van der Waals surface area contributed by atoms with Gasteiger partial charge in [0.15, 0.2) is 0 Å². The van der Waals surface area contributed by atoms with Crippen molar-refractivity contribution in [1.82, 2.24) is 5.43 Å². The zero-order chi connectivity index (χ0) is 15.1. The van der Waals surface area contributed by atoms with Crippen molar-refractivity contribution in [3.63, 3.8) is 0 Å². The highest BCUT2D eigenvalue weighted by Crippen LogP contribution is 2.29. The highest BCUT2D eigenvalue weighted by Gasteiger charge is 2.16. The summed E-state index contributed by atoms with van der Waals surface area (Å²) < 4.78 is 6.27. The maximum absolute atomic E-state index is 5.73. The summed E-state index contributed by atoms with van der Waals surface area (Å²) in [6, 6.07) is 6.55. The Kier molecular flexibility index (Phi) is 7.37. The third-order valence-corrected chi connectivity index (χ3v) is 6.18. The summed E-state index contributed by atoms with van der Waals surface area (Å²) in [4.78, 5) is 0. The molecule has 1 aliphatic carbocycles. The predicted molar refractivity (Wildman–Crippen MR) is 94.8 cm³/mol. The highest BCUT2D eigenvalue weighted by atomic mass is 79.9. The van der Waals surface area contributed by atoms with Gasteiger partial charge in [0.1, 0.15) is 5.75 Å². The molecule has 118 valence electrons. The standard InChI is InChI=1S/C16H25BrN2OS/c1-20-16-8-7-12(10-15(16)17)9-13(19-18)11-21-14-5-3-2-4-6-14/h7-8,10,13-14,19H,2-6,9,11,18H2,1H3. The lowest BCUT2D eigenvalue weighted by molar-refractivity contribution is 0.412. The minimum Gasteiger partial charge on any atom is -0.496 e. The molecule has 1 aromatic carbocycles. The van der Waals surface area contributed by atoms with Gasteiger partial charge in [-0.3, -0.25) is 11.3 Å². The fraction of sp³-hybridized carbons (Fsp3) is 0.625. The van der Waals surface area contributed by atoms with Crippen LogP contribution in [0.2, 0.25) is 0 Å². The molecule has 0 aromatic heterocycles. The van der Waals surface area contributed by atoms with Gasteiger partial charge in [0.05, 0.1) is 11.6 Å². The SMILES string of the molecule is COc1ccc(CC(CSC2CCCCC2)NN)cc1Br. The molecule has 3 N–H and O–H groups in total. The average Bonchev–Trinajstić information content (AvgIpc) is 2.52. The van der Waals surface area contributed by atoms with Gasteiger partial charge in [-0.1, -0.05) is 25.3 Å². The average molecular weight is 373 g/mol. The fourth-order valence-corrected chi connectivity index (χ4v) is 4.74. The van der Waals surface area contributed by atoms with Crippen molar-refractivity contribution in [2.75, 3.05) is 12.9 Å². The zero-order valence-electron chi connectivity index (χ0n) is 12.6. The number of methoxy groups -OCH3 is 1. The molecule has 3 nitrogen and oxygen atoms in total. The lowest BCUT2D eigenvalue weighted by atomic mass is 10.0. The maximum atomic E-state index is 5.73. The predicted octanol–water partition coefficient (Wildman–Crippen LogP) is 3.90. The van der Waals surface area contributed by atoms with Crippen LogP contribution in [0.3, 0.4) is 0 Å². The third-order valence-electron chi connectivity index (χ3n) is 4.02. The molecule has 5 heteroatoms. The largest absolute Gasteiger partial charge is 0.496 e. The molecule has 0 radical (unpaired) electrons. The molecule has 0 amide bonds. The molecule has 0 aliphatic heterocycles. The number of thioether (sulfide) groups is 1. The van der Waals surface area contributed by atoms with Gasteiger partial charge in [-0.2, -0.15) is 11.8 Å². The van der Waals surface area contributed by atoms with Crippen molar-refractivity contribution in [3.8, 4) is 5.75 Å². The molecule has 21 heavy (non-hydrogen) atoms. The van der Waals surface area contributed by atoms with Gasteiger partial charge in [0.2, 0.25) is 0 Å². The zero-order valence-corrected chi connectivity index (χ0v) is 15.0. The number of hydrazine groups is 1. The van der Waals surface area contributed by atoms with E-state index in [4.69, 9.17) is 10.6 Å². The summed E-state index contributed by atoms with van der Waals surface area (Å²) in [5.41, 5.74) is 4.24. The van der Waals surface area contributed by atoms with E-state index in [0.29, 0.717) is 6.04 Å². The quantitative estimate of drug-likeness (QED) is 0.562. The summed E-state index contributed by atoms with van der Waals surface area (Å²) in [5, 5.41) is 0.831. The Labute approximate surface area is 140 Å². The molecule has 0 heterocycles. The summed E-state index contributed by atoms with van der Waals surface area (Å²) in [6.45, 7) is 0. The van der Waals surface area contributed by atoms with Crippen molar-refractivity contribution in [1.29, 1.82) is 0 Å². The molecule has 2 rings (SSSR count). The number of benzene rings is 1. The van der Waals surface area contributed by atoms with Crippen LogP contribution < -0.4 is 16.0 Å². The third kappa shape index (κ3) is 5.47. The lowest BCUT2D eigenvalue weighted by Crippen LogP contribution is -2.39. The molecule has 0 spiro atoms. The van der Waals surface area contributed by atoms with Gasteiger partial charge in [0, 0.05) is 17.0 Å². The second-order valence-electron chi connectivity index (χ2n) is 5.63. The fourth-order valence-electron chi connectivity index (χ4n) is 2.77. The van der Waals surface area contributed by atoms with Crippen molar-refractivity contribution in [2.45, 2.75) is 49.8 Å². The first-order valence-corrected chi connectivity index (χ1v) is 9.47. The van der Waals surface area contributed by atoms with Crippen LogP contribution in [0.1, 0.15) is 37.7 Å². The first-order chi connectivity index (χ1) is 10.2. The van der Waals surface area contributed by atoms with Crippen LogP contribution in [0.5, 0.6) is 5.75 Å². The Morgan fingerprint density at radius 2 is 2.14 bits per heavy atom. The highest BCUT2D eigenvalue weighted by molar-refractivity contribution is 9.10. The summed E-state index contributed by atoms with van der Waals surface area (Å²) in [6.07, 6.45) is 7.88. The van der Waals surface area contributed by atoms with Gasteiger partial charge in [-0.05, 0) is 52.9 Å². The van der Waals surface area contributed by atoms with Gasteiger partial charge < -0.3 is 4.74 Å². The second-order valence-corrected chi connectivity index (χ2v) is 7.82. The van der Waals surface area contributed by atoms with Crippen LogP contribution in [-0.4, -0.2) is 24.2 Å². The van der Waals surface area contributed by atoms with Crippen LogP contribution in [0.4, 0.5) is 0 Å².